The van der Waals surface area contributed by atoms with E-state index in [0.29, 0.717) is 5.69 Å². The van der Waals surface area contributed by atoms with Gasteiger partial charge in [0.05, 0.1) is 11.3 Å². The summed E-state index contributed by atoms with van der Waals surface area (Å²) in [6.45, 7) is 0. The van der Waals surface area contributed by atoms with Gasteiger partial charge in [-0.1, -0.05) is 12.8 Å². The Morgan fingerprint density at radius 2 is 1.94 bits per heavy atom. The van der Waals surface area contributed by atoms with E-state index in [1.54, 1.807) is 17.0 Å². The molecule has 0 unspecified atom stereocenters. The van der Waals surface area contributed by atoms with Crippen LogP contribution in [0.4, 0.5) is 10.1 Å². The topological polar surface area (TPSA) is 50.8 Å². The molecular formula is C13H12FN3. The average Bonchev–Trinajstić information content (AvgIpc) is 2.84. The second-order valence-corrected chi connectivity index (χ2v) is 4.18. The van der Waals surface area contributed by atoms with Gasteiger partial charge in [0.25, 0.3) is 0 Å². The molecule has 0 aromatic heterocycles. The third kappa shape index (κ3) is 2.21. The van der Waals surface area contributed by atoms with Gasteiger partial charge in [-0.3, -0.25) is 4.90 Å². The van der Waals surface area contributed by atoms with Crippen molar-refractivity contribution < 1.29 is 4.39 Å². The van der Waals surface area contributed by atoms with E-state index in [2.05, 4.69) is 6.19 Å². The van der Waals surface area contributed by atoms with Crippen molar-refractivity contribution in [2.75, 3.05) is 4.90 Å². The molecule has 1 aromatic rings. The maximum atomic E-state index is 13.5. The summed E-state index contributed by atoms with van der Waals surface area (Å²) in [5.41, 5.74) is 0.550. The van der Waals surface area contributed by atoms with Gasteiger partial charge in [-0.05, 0) is 31.0 Å². The number of anilines is 1. The molecule has 0 saturated heterocycles. The number of nitrogens with zero attached hydrogens (tertiary/aromatic N) is 3. The molecule has 3 nitrogen and oxygen atoms in total. The van der Waals surface area contributed by atoms with Crippen molar-refractivity contribution in [2.45, 2.75) is 31.7 Å². The van der Waals surface area contributed by atoms with Crippen LogP contribution < -0.4 is 4.90 Å². The lowest BCUT2D eigenvalue weighted by atomic mass is 10.1. The van der Waals surface area contributed by atoms with Gasteiger partial charge in [-0.2, -0.15) is 10.5 Å². The van der Waals surface area contributed by atoms with E-state index in [-0.39, 0.29) is 11.6 Å². The van der Waals surface area contributed by atoms with E-state index < -0.39 is 5.82 Å². The molecule has 17 heavy (non-hydrogen) atoms. The first-order chi connectivity index (χ1) is 8.26. The Morgan fingerprint density at radius 1 is 1.24 bits per heavy atom. The highest BCUT2D eigenvalue weighted by molar-refractivity contribution is 5.54. The summed E-state index contributed by atoms with van der Waals surface area (Å²) in [6, 6.07) is 6.26. The minimum atomic E-state index is -0.566. The van der Waals surface area contributed by atoms with Crippen LogP contribution in [-0.4, -0.2) is 6.04 Å². The molecule has 0 bridgehead atoms. The van der Waals surface area contributed by atoms with Gasteiger partial charge >= 0.3 is 0 Å². The average molecular weight is 229 g/mol. The van der Waals surface area contributed by atoms with Crippen molar-refractivity contribution in [3.8, 4) is 12.3 Å². The number of nitriles is 2. The van der Waals surface area contributed by atoms with Crippen LogP contribution in [0.1, 0.15) is 31.2 Å². The molecule has 0 N–H and O–H groups in total. The van der Waals surface area contributed by atoms with Gasteiger partial charge in [0.1, 0.15) is 11.9 Å². The summed E-state index contributed by atoms with van der Waals surface area (Å²) in [6.07, 6.45) is 6.27. The zero-order valence-corrected chi connectivity index (χ0v) is 9.36. The molecule has 0 radical (unpaired) electrons. The van der Waals surface area contributed by atoms with Crippen LogP contribution in [0.3, 0.4) is 0 Å². The first kappa shape index (κ1) is 11.4. The predicted molar refractivity (Wildman–Crippen MR) is 61.5 cm³/mol. The molecule has 1 aliphatic rings. The summed E-state index contributed by atoms with van der Waals surface area (Å²) in [4.78, 5) is 1.55. The van der Waals surface area contributed by atoms with E-state index in [9.17, 15) is 4.39 Å². The van der Waals surface area contributed by atoms with E-state index in [1.807, 2.05) is 0 Å². The molecule has 0 amide bonds. The lowest BCUT2D eigenvalue weighted by Crippen LogP contribution is -2.28. The SMILES string of the molecule is N#Cc1ccc(N(C#N)C2CCCC2)cc1F. The Kier molecular flexibility index (Phi) is 3.25. The van der Waals surface area contributed by atoms with E-state index in [0.717, 1.165) is 25.7 Å². The van der Waals surface area contributed by atoms with Crippen LogP contribution in [0, 0.1) is 28.6 Å². The van der Waals surface area contributed by atoms with Crippen molar-refractivity contribution in [1.82, 2.24) is 0 Å². The van der Waals surface area contributed by atoms with Gasteiger partial charge < -0.3 is 0 Å². The first-order valence-corrected chi connectivity index (χ1v) is 5.65. The van der Waals surface area contributed by atoms with Crippen LogP contribution in [0.25, 0.3) is 0 Å². The van der Waals surface area contributed by atoms with Crippen molar-refractivity contribution in [1.29, 1.82) is 10.5 Å². The van der Waals surface area contributed by atoms with Gasteiger partial charge in [-0.25, -0.2) is 4.39 Å². The predicted octanol–water partition coefficient (Wildman–Crippen LogP) is 2.93. The maximum absolute atomic E-state index is 13.5. The third-order valence-corrected chi connectivity index (χ3v) is 3.15. The molecule has 86 valence electrons. The Bertz CT molecular complexity index is 492. The lowest BCUT2D eigenvalue weighted by Gasteiger charge is -2.22. The Hall–Kier alpha value is -2.07. The van der Waals surface area contributed by atoms with Crippen LogP contribution in [0.2, 0.25) is 0 Å². The number of rotatable bonds is 2. The summed E-state index contributed by atoms with van der Waals surface area (Å²) >= 11 is 0. The molecule has 1 saturated carbocycles. The summed E-state index contributed by atoms with van der Waals surface area (Å²) < 4.78 is 13.5. The molecule has 0 spiro atoms. The second-order valence-electron chi connectivity index (χ2n) is 4.18. The zero-order chi connectivity index (χ0) is 12.3. The normalized spacial score (nSPS) is 15.2. The minimum absolute atomic E-state index is 0.0121. The molecule has 0 atom stereocenters. The van der Waals surface area contributed by atoms with Crippen molar-refractivity contribution >= 4 is 5.69 Å². The van der Waals surface area contributed by atoms with Crippen LogP contribution in [0.5, 0.6) is 0 Å². The molecule has 1 aromatic carbocycles. The molecule has 1 fully saturated rings. The highest BCUT2D eigenvalue weighted by Gasteiger charge is 2.23. The maximum Gasteiger partial charge on any atom is 0.184 e. The number of hydrogen-bond acceptors (Lipinski definition) is 3. The van der Waals surface area contributed by atoms with Gasteiger partial charge in [0, 0.05) is 6.04 Å². The Labute approximate surface area is 99.7 Å². The van der Waals surface area contributed by atoms with Gasteiger partial charge in [-0.15, -0.1) is 0 Å². The van der Waals surface area contributed by atoms with Crippen molar-refractivity contribution in [3.63, 3.8) is 0 Å². The van der Waals surface area contributed by atoms with Gasteiger partial charge in [0.2, 0.25) is 0 Å². The fourth-order valence-corrected chi connectivity index (χ4v) is 2.26. The lowest BCUT2D eigenvalue weighted by molar-refractivity contribution is 0.620. The second kappa shape index (κ2) is 4.84. The molecule has 1 aliphatic carbocycles. The smallest absolute Gasteiger partial charge is 0.184 e. The minimum Gasteiger partial charge on any atom is -0.276 e. The first-order valence-electron chi connectivity index (χ1n) is 5.65. The molecule has 0 heterocycles. The molecular weight excluding hydrogens is 217 g/mol. The summed E-state index contributed by atoms with van der Waals surface area (Å²) in [5, 5.41) is 17.8. The Morgan fingerprint density at radius 3 is 2.47 bits per heavy atom. The van der Waals surface area contributed by atoms with Crippen LogP contribution in [0.15, 0.2) is 18.2 Å². The Balaban J connectivity index is 2.29. The quantitative estimate of drug-likeness (QED) is 0.578. The molecule has 0 aliphatic heterocycles. The molecule has 4 heteroatoms. The summed E-state index contributed by atoms with van der Waals surface area (Å²) in [7, 11) is 0. The number of halogens is 1. The molecule has 2 rings (SSSR count). The van der Waals surface area contributed by atoms with Crippen LogP contribution in [-0.2, 0) is 0 Å². The van der Waals surface area contributed by atoms with E-state index in [4.69, 9.17) is 10.5 Å². The highest BCUT2D eigenvalue weighted by atomic mass is 19.1. The standard InChI is InChI=1S/C13H12FN3/c14-13-7-12(6-5-10(13)8-15)17(9-16)11-3-1-2-4-11/h5-7,11H,1-4H2. The summed E-state index contributed by atoms with van der Waals surface area (Å²) in [5.74, 6) is -0.566. The zero-order valence-electron chi connectivity index (χ0n) is 9.36. The van der Waals surface area contributed by atoms with Crippen molar-refractivity contribution in [2.24, 2.45) is 0 Å². The van der Waals surface area contributed by atoms with E-state index in [1.165, 1.54) is 12.1 Å². The number of hydrogen-bond donors (Lipinski definition) is 0. The third-order valence-electron chi connectivity index (χ3n) is 3.15. The fourth-order valence-electron chi connectivity index (χ4n) is 2.26. The van der Waals surface area contributed by atoms with Crippen molar-refractivity contribution in [3.05, 3.63) is 29.6 Å². The highest BCUT2D eigenvalue weighted by Crippen LogP contribution is 2.28. The van der Waals surface area contributed by atoms with Crippen LogP contribution >= 0.6 is 0 Å². The largest absolute Gasteiger partial charge is 0.276 e. The number of benzene rings is 1. The fraction of sp³-hybridized carbons (Fsp3) is 0.385. The monoisotopic (exact) mass is 229 g/mol. The van der Waals surface area contributed by atoms with Gasteiger partial charge in [0.15, 0.2) is 6.19 Å². The van der Waals surface area contributed by atoms with E-state index >= 15 is 0 Å².